The molecule has 4 heteroatoms. The van der Waals surface area contributed by atoms with Crippen LogP contribution in [0, 0.1) is 0 Å². The first-order chi connectivity index (χ1) is 11.2. The van der Waals surface area contributed by atoms with E-state index < -0.39 is 6.09 Å². The van der Waals surface area contributed by atoms with E-state index in [1.165, 1.54) is 4.90 Å². The van der Waals surface area contributed by atoms with Gasteiger partial charge in [-0.05, 0) is 54.5 Å². The summed E-state index contributed by atoms with van der Waals surface area (Å²) in [5, 5.41) is 9.25. The molecule has 0 fully saturated rings. The van der Waals surface area contributed by atoms with Crippen molar-refractivity contribution in [3.8, 4) is 5.75 Å². The summed E-state index contributed by atoms with van der Waals surface area (Å²) in [4.78, 5) is 12.6. The minimum atomic E-state index is -0.935. The van der Waals surface area contributed by atoms with Gasteiger partial charge in [0.05, 0.1) is 5.69 Å². The van der Waals surface area contributed by atoms with Gasteiger partial charge in [-0.25, -0.2) is 4.79 Å². The van der Waals surface area contributed by atoms with Crippen molar-refractivity contribution >= 4 is 11.8 Å². The number of ether oxygens (including phenoxy) is 1. The van der Waals surface area contributed by atoms with Crippen molar-refractivity contribution in [2.24, 2.45) is 0 Å². The van der Waals surface area contributed by atoms with Gasteiger partial charge in [-0.15, -0.1) is 0 Å². The fraction of sp³-hybridized carbons (Fsp3) is 0.316. The molecule has 120 valence electrons. The summed E-state index contributed by atoms with van der Waals surface area (Å²) in [6, 6.07) is 13.8. The fourth-order valence-corrected chi connectivity index (χ4v) is 3.10. The van der Waals surface area contributed by atoms with Crippen LogP contribution in [0.25, 0.3) is 0 Å². The molecule has 1 amide bonds. The normalized spacial score (nSPS) is 13.3. The van der Waals surface area contributed by atoms with Gasteiger partial charge in [-0.2, -0.15) is 0 Å². The van der Waals surface area contributed by atoms with Crippen molar-refractivity contribution in [3.63, 3.8) is 0 Å². The van der Waals surface area contributed by atoms with Crippen molar-refractivity contribution < 1.29 is 14.6 Å². The SMILES string of the molecule is CN(C(=O)O)c1ccc(OCc2ccccc2)c2c1CCCC2. The van der Waals surface area contributed by atoms with Crippen molar-refractivity contribution in [2.45, 2.75) is 32.3 Å². The van der Waals surface area contributed by atoms with Crippen molar-refractivity contribution in [3.05, 3.63) is 59.2 Å². The van der Waals surface area contributed by atoms with Crippen molar-refractivity contribution in [1.29, 1.82) is 0 Å². The van der Waals surface area contributed by atoms with Gasteiger partial charge < -0.3 is 9.84 Å². The molecule has 0 radical (unpaired) electrons. The molecule has 3 rings (SSSR count). The van der Waals surface area contributed by atoms with Gasteiger partial charge in [0, 0.05) is 7.05 Å². The van der Waals surface area contributed by atoms with Crippen LogP contribution in [-0.4, -0.2) is 18.2 Å². The van der Waals surface area contributed by atoms with Crippen LogP contribution in [0.4, 0.5) is 10.5 Å². The third-order valence-corrected chi connectivity index (χ3v) is 4.35. The summed E-state index contributed by atoms with van der Waals surface area (Å²) < 4.78 is 6.02. The standard InChI is InChI=1S/C19H21NO3/c1-20(19(21)22)17-11-12-18(16-10-6-5-9-15(16)17)23-13-14-7-3-2-4-8-14/h2-4,7-8,11-12H,5-6,9-10,13H2,1H3,(H,21,22). The molecule has 0 atom stereocenters. The highest BCUT2D eigenvalue weighted by atomic mass is 16.5. The number of hydrogen-bond acceptors (Lipinski definition) is 2. The van der Waals surface area contributed by atoms with Gasteiger partial charge in [0.15, 0.2) is 0 Å². The minimum Gasteiger partial charge on any atom is -0.489 e. The molecule has 23 heavy (non-hydrogen) atoms. The minimum absolute atomic E-state index is 0.529. The van der Waals surface area contributed by atoms with E-state index in [0.29, 0.717) is 6.61 Å². The van der Waals surface area contributed by atoms with Gasteiger partial charge in [0.2, 0.25) is 0 Å². The van der Waals surface area contributed by atoms with Crippen LogP contribution in [0.3, 0.4) is 0 Å². The van der Waals surface area contributed by atoms with E-state index in [1.807, 2.05) is 42.5 Å². The summed E-state index contributed by atoms with van der Waals surface area (Å²) in [6.45, 7) is 0.529. The summed E-state index contributed by atoms with van der Waals surface area (Å²) in [5.41, 5.74) is 4.19. The highest BCUT2D eigenvalue weighted by Crippen LogP contribution is 2.36. The lowest BCUT2D eigenvalue weighted by Crippen LogP contribution is -2.26. The second-order valence-electron chi connectivity index (χ2n) is 5.86. The van der Waals surface area contributed by atoms with Crippen LogP contribution >= 0.6 is 0 Å². The van der Waals surface area contributed by atoms with Gasteiger partial charge >= 0.3 is 6.09 Å². The van der Waals surface area contributed by atoms with Crippen LogP contribution in [0.1, 0.15) is 29.5 Å². The number of fused-ring (bicyclic) bond motifs is 1. The maximum atomic E-state index is 11.3. The average Bonchev–Trinajstić information content (AvgIpc) is 2.60. The molecule has 1 N–H and O–H groups in total. The molecular formula is C19H21NO3. The maximum Gasteiger partial charge on any atom is 0.411 e. The van der Waals surface area contributed by atoms with E-state index in [2.05, 4.69) is 0 Å². The van der Waals surface area contributed by atoms with Crippen LogP contribution < -0.4 is 9.64 Å². The van der Waals surface area contributed by atoms with E-state index >= 15 is 0 Å². The molecule has 0 heterocycles. The summed E-state index contributed by atoms with van der Waals surface area (Å²) in [7, 11) is 1.59. The third kappa shape index (κ3) is 3.31. The predicted molar refractivity (Wildman–Crippen MR) is 90.3 cm³/mol. The van der Waals surface area contributed by atoms with E-state index in [0.717, 1.165) is 53.8 Å². The molecule has 0 saturated carbocycles. The van der Waals surface area contributed by atoms with Gasteiger partial charge in [-0.1, -0.05) is 30.3 Å². The highest BCUT2D eigenvalue weighted by molar-refractivity contribution is 5.87. The number of nitrogens with zero attached hydrogens (tertiary/aromatic N) is 1. The lowest BCUT2D eigenvalue weighted by atomic mass is 9.89. The molecule has 0 saturated heterocycles. The molecule has 2 aromatic carbocycles. The first kappa shape index (κ1) is 15.4. The summed E-state index contributed by atoms with van der Waals surface area (Å²) >= 11 is 0. The van der Waals surface area contributed by atoms with Crippen molar-refractivity contribution in [2.75, 3.05) is 11.9 Å². The molecule has 0 bridgehead atoms. The Morgan fingerprint density at radius 1 is 1.09 bits per heavy atom. The molecule has 1 aliphatic rings. The van der Waals surface area contributed by atoms with E-state index in [1.54, 1.807) is 7.05 Å². The Morgan fingerprint density at radius 3 is 2.48 bits per heavy atom. The number of rotatable bonds is 4. The second-order valence-corrected chi connectivity index (χ2v) is 5.86. The number of amides is 1. The molecule has 2 aromatic rings. The number of carbonyl (C=O) groups is 1. The van der Waals surface area contributed by atoms with Crippen LogP contribution in [-0.2, 0) is 19.4 Å². The van der Waals surface area contributed by atoms with E-state index in [4.69, 9.17) is 4.74 Å². The molecule has 0 aromatic heterocycles. The molecule has 4 nitrogen and oxygen atoms in total. The quantitative estimate of drug-likeness (QED) is 0.918. The lowest BCUT2D eigenvalue weighted by Gasteiger charge is -2.25. The molecule has 0 aliphatic heterocycles. The van der Waals surface area contributed by atoms with Gasteiger partial charge in [0.25, 0.3) is 0 Å². The monoisotopic (exact) mass is 311 g/mol. The third-order valence-electron chi connectivity index (χ3n) is 4.35. The number of benzene rings is 2. The zero-order valence-electron chi connectivity index (χ0n) is 13.3. The number of carboxylic acid groups (broad SMARTS) is 1. The number of hydrogen-bond donors (Lipinski definition) is 1. The lowest BCUT2D eigenvalue weighted by molar-refractivity contribution is 0.203. The highest BCUT2D eigenvalue weighted by Gasteiger charge is 2.22. The smallest absolute Gasteiger partial charge is 0.411 e. The zero-order valence-corrected chi connectivity index (χ0v) is 13.3. The topological polar surface area (TPSA) is 49.8 Å². The molecule has 0 spiro atoms. The van der Waals surface area contributed by atoms with Crippen LogP contribution in [0.2, 0.25) is 0 Å². The average molecular weight is 311 g/mol. The largest absolute Gasteiger partial charge is 0.489 e. The van der Waals surface area contributed by atoms with E-state index in [-0.39, 0.29) is 0 Å². The molecule has 0 unspecified atom stereocenters. The Hall–Kier alpha value is -2.49. The van der Waals surface area contributed by atoms with Gasteiger partial charge in [-0.3, -0.25) is 4.90 Å². The zero-order chi connectivity index (χ0) is 16.2. The Labute approximate surface area is 136 Å². The van der Waals surface area contributed by atoms with Gasteiger partial charge in [0.1, 0.15) is 12.4 Å². The van der Waals surface area contributed by atoms with Crippen LogP contribution in [0.15, 0.2) is 42.5 Å². The Balaban J connectivity index is 1.88. The Morgan fingerprint density at radius 2 is 1.78 bits per heavy atom. The number of anilines is 1. The van der Waals surface area contributed by atoms with Crippen molar-refractivity contribution in [1.82, 2.24) is 0 Å². The fourth-order valence-electron chi connectivity index (χ4n) is 3.10. The maximum absolute atomic E-state index is 11.3. The Bertz CT molecular complexity index is 697. The van der Waals surface area contributed by atoms with Crippen LogP contribution in [0.5, 0.6) is 5.75 Å². The Kier molecular flexibility index (Phi) is 4.51. The molecular weight excluding hydrogens is 290 g/mol. The summed E-state index contributed by atoms with van der Waals surface area (Å²) in [6.07, 6.45) is 3.13. The summed E-state index contributed by atoms with van der Waals surface area (Å²) in [5.74, 6) is 0.881. The first-order valence-electron chi connectivity index (χ1n) is 7.95. The van der Waals surface area contributed by atoms with E-state index in [9.17, 15) is 9.90 Å². The first-order valence-corrected chi connectivity index (χ1v) is 7.95. The second kappa shape index (κ2) is 6.73. The molecule has 1 aliphatic carbocycles. The predicted octanol–water partition coefficient (Wildman–Crippen LogP) is 4.26.